The molecule has 4 unspecified atom stereocenters. The van der Waals surface area contributed by atoms with Gasteiger partial charge in [-0.1, -0.05) is 20.8 Å². The van der Waals surface area contributed by atoms with E-state index in [4.69, 9.17) is 28.5 Å². The number of hydrogen-bond acceptors (Lipinski definition) is 10. The van der Waals surface area contributed by atoms with Crippen LogP contribution in [0.15, 0.2) is 0 Å². The zero-order valence-corrected chi connectivity index (χ0v) is 25.2. The van der Waals surface area contributed by atoms with Crippen LogP contribution in [0.4, 0.5) is 0 Å². The van der Waals surface area contributed by atoms with Crippen LogP contribution in [0.1, 0.15) is 74.1 Å². The molecule has 11 atom stereocenters. The van der Waals surface area contributed by atoms with Gasteiger partial charge in [0.25, 0.3) is 5.91 Å². The molecule has 8 fully saturated rings. The monoisotopic (exact) mass is 582 g/mol. The Morgan fingerprint density at radius 1 is 0.975 bits per heavy atom. The van der Waals surface area contributed by atoms with Crippen LogP contribution in [0, 0.1) is 22.7 Å². The minimum Gasteiger partial charge on any atom is -0.349 e. The second-order valence-electron chi connectivity index (χ2n) is 14.9. The average Bonchev–Trinajstić information content (AvgIpc) is 3.65. The van der Waals surface area contributed by atoms with Gasteiger partial charge in [0, 0.05) is 23.3 Å². The lowest BCUT2D eigenvalue weighted by Gasteiger charge is -2.53. The van der Waals surface area contributed by atoms with Gasteiger partial charge in [0.05, 0.1) is 18.4 Å². The first-order chi connectivity index (χ1) is 18.6. The lowest BCUT2D eigenvalue weighted by atomic mass is 9.55. The number of amides is 1. The van der Waals surface area contributed by atoms with Crippen LogP contribution in [0.25, 0.3) is 0 Å². The molecule has 6 saturated heterocycles. The summed E-state index contributed by atoms with van der Waals surface area (Å²) < 4.78 is 59.8. The number of piperidine rings is 1. The highest BCUT2D eigenvalue weighted by Crippen LogP contribution is 2.78. The van der Waals surface area contributed by atoms with Gasteiger partial charge >= 0.3 is 0 Å². The zero-order valence-electron chi connectivity index (χ0n) is 24.4. The molecule has 11 nitrogen and oxygen atoms in total. The minimum atomic E-state index is -3.71. The van der Waals surface area contributed by atoms with Gasteiger partial charge in [0.15, 0.2) is 23.4 Å². The van der Waals surface area contributed by atoms with Crippen molar-refractivity contribution in [1.29, 1.82) is 0 Å². The van der Waals surface area contributed by atoms with Gasteiger partial charge in [0.2, 0.25) is 10.0 Å². The molecule has 1 amide bonds. The van der Waals surface area contributed by atoms with E-state index in [1.807, 2.05) is 32.8 Å². The minimum absolute atomic E-state index is 0.0352. The van der Waals surface area contributed by atoms with Gasteiger partial charge < -0.3 is 23.7 Å². The van der Waals surface area contributed by atoms with E-state index in [0.29, 0.717) is 13.0 Å². The Labute approximate surface area is 236 Å². The van der Waals surface area contributed by atoms with E-state index >= 15 is 0 Å². The average molecular weight is 583 g/mol. The summed E-state index contributed by atoms with van der Waals surface area (Å²) in [5.41, 5.74) is -2.33. The molecule has 0 N–H and O–H groups in total. The Bertz CT molecular complexity index is 1270. The summed E-state index contributed by atoms with van der Waals surface area (Å²) in [5, 5.41) is 1.85. The van der Waals surface area contributed by atoms with Gasteiger partial charge in [-0.15, -0.1) is 0 Å². The highest BCUT2D eigenvalue weighted by molar-refractivity contribution is 7.90. The maximum Gasteiger partial charge on any atom is 0.271 e. The number of sulfonamides is 1. The van der Waals surface area contributed by atoms with Crippen LogP contribution in [0.2, 0.25) is 0 Å². The Morgan fingerprint density at radius 3 is 2.38 bits per heavy atom. The summed E-state index contributed by atoms with van der Waals surface area (Å²) in [6.07, 6.45) is 0.497. The first kappa shape index (κ1) is 26.7. The number of fused-ring (bicyclic) bond motifs is 1. The Hall–Kier alpha value is -0.860. The van der Waals surface area contributed by atoms with E-state index in [0.717, 1.165) is 19.3 Å². The number of ether oxygens (including phenoxy) is 5. The molecule has 40 heavy (non-hydrogen) atoms. The standard InChI is InChI=1S/C28H42N2O9S/c1-14(2)16-11-28(23(31)30-18-10-15-8-9-27(18,26(15,28)7)13-40(30,32)33)39-29(16)22-21-20(37-25(5,6)38-21)19(35-22)17-12-34-24(3,4)36-17/h14-22H,8-13H2,1-7H3/t15?,16-,17-,18?,19+,20+,21?,22-,26?,27-,28-/m1/s1. The van der Waals surface area contributed by atoms with Crippen molar-refractivity contribution in [3.63, 3.8) is 0 Å². The fraction of sp³-hybridized carbons (Fsp3) is 0.964. The molecule has 0 aromatic heterocycles. The summed E-state index contributed by atoms with van der Waals surface area (Å²) >= 11 is 0. The van der Waals surface area contributed by atoms with E-state index in [-0.39, 0.29) is 35.8 Å². The molecule has 6 heterocycles. The number of nitrogens with zero attached hydrogens (tertiary/aromatic N) is 2. The maximum absolute atomic E-state index is 14.5. The smallest absolute Gasteiger partial charge is 0.271 e. The number of carbonyl (C=O) groups is 1. The normalized spacial score (nSPS) is 54.9. The van der Waals surface area contributed by atoms with Crippen LogP contribution in [0.3, 0.4) is 0 Å². The lowest BCUT2D eigenvalue weighted by Crippen LogP contribution is -2.68. The highest BCUT2D eigenvalue weighted by atomic mass is 32.2. The molecular formula is C28H42N2O9S. The summed E-state index contributed by atoms with van der Waals surface area (Å²) in [4.78, 5) is 21.5. The predicted molar refractivity (Wildman–Crippen MR) is 139 cm³/mol. The van der Waals surface area contributed by atoms with Gasteiger partial charge in [-0.2, -0.15) is 5.06 Å². The van der Waals surface area contributed by atoms with E-state index < -0.39 is 68.5 Å². The van der Waals surface area contributed by atoms with E-state index in [9.17, 15) is 13.2 Å². The summed E-state index contributed by atoms with van der Waals surface area (Å²) in [5.74, 6) is -1.59. The second kappa shape index (κ2) is 7.61. The fourth-order valence-electron chi connectivity index (χ4n) is 10.2. The van der Waals surface area contributed by atoms with Crippen LogP contribution < -0.4 is 0 Å². The Morgan fingerprint density at radius 2 is 1.70 bits per heavy atom. The van der Waals surface area contributed by atoms with E-state index in [1.165, 1.54) is 4.31 Å². The van der Waals surface area contributed by atoms with Crippen molar-refractivity contribution in [2.75, 3.05) is 12.4 Å². The topological polar surface area (TPSA) is 113 Å². The van der Waals surface area contributed by atoms with Crippen molar-refractivity contribution in [3.8, 4) is 0 Å². The molecule has 5 bridgehead atoms. The van der Waals surface area contributed by atoms with E-state index in [1.54, 1.807) is 0 Å². The molecule has 6 aliphatic heterocycles. The lowest BCUT2D eigenvalue weighted by molar-refractivity contribution is -0.326. The molecule has 224 valence electrons. The fourth-order valence-corrected chi connectivity index (χ4v) is 12.7. The van der Waals surface area contributed by atoms with Crippen molar-refractivity contribution in [2.45, 2.75) is 134 Å². The third-order valence-electron chi connectivity index (χ3n) is 11.9. The first-order valence-electron chi connectivity index (χ1n) is 14.9. The number of hydrogen-bond donors (Lipinski definition) is 0. The summed E-state index contributed by atoms with van der Waals surface area (Å²) in [7, 11) is -3.71. The molecule has 8 aliphatic rings. The molecule has 2 spiro atoms. The van der Waals surface area contributed by atoms with Gasteiger partial charge in [-0.25, -0.2) is 12.7 Å². The second-order valence-corrected chi connectivity index (χ2v) is 16.8. The molecular weight excluding hydrogens is 540 g/mol. The molecule has 0 aromatic rings. The van der Waals surface area contributed by atoms with Crippen LogP contribution in [-0.4, -0.2) is 96.0 Å². The molecule has 0 radical (unpaired) electrons. The quantitative estimate of drug-likeness (QED) is 0.491. The third-order valence-corrected chi connectivity index (χ3v) is 13.8. The number of hydroxylamine groups is 2. The number of rotatable bonds is 3. The Kier molecular flexibility index (Phi) is 5.09. The van der Waals surface area contributed by atoms with Crippen LogP contribution in [-0.2, 0) is 43.3 Å². The van der Waals surface area contributed by atoms with E-state index in [2.05, 4.69) is 20.8 Å². The van der Waals surface area contributed by atoms with Gasteiger partial charge in [-0.3, -0.25) is 9.63 Å². The third kappa shape index (κ3) is 2.95. The van der Waals surface area contributed by atoms with Crippen molar-refractivity contribution in [3.05, 3.63) is 0 Å². The zero-order chi connectivity index (χ0) is 28.4. The van der Waals surface area contributed by atoms with Crippen molar-refractivity contribution in [1.82, 2.24) is 9.37 Å². The highest BCUT2D eigenvalue weighted by Gasteiger charge is 2.87. The first-order valence-corrected chi connectivity index (χ1v) is 16.5. The molecule has 2 saturated carbocycles. The predicted octanol–water partition coefficient (Wildman–Crippen LogP) is 2.14. The molecule has 2 aliphatic carbocycles. The molecule has 12 heteroatoms. The van der Waals surface area contributed by atoms with Crippen molar-refractivity contribution >= 4 is 15.9 Å². The number of carbonyl (C=O) groups excluding carboxylic acids is 1. The Balaban J connectivity index is 1.20. The van der Waals surface area contributed by atoms with Gasteiger partial charge in [0.1, 0.15) is 24.4 Å². The van der Waals surface area contributed by atoms with Crippen molar-refractivity contribution < 1.29 is 41.7 Å². The van der Waals surface area contributed by atoms with Crippen LogP contribution in [0.5, 0.6) is 0 Å². The summed E-state index contributed by atoms with van der Waals surface area (Å²) in [6.45, 7) is 14.3. The maximum atomic E-state index is 14.5. The summed E-state index contributed by atoms with van der Waals surface area (Å²) in [6, 6.07) is -0.438. The molecule has 0 aromatic carbocycles. The largest absolute Gasteiger partial charge is 0.349 e. The van der Waals surface area contributed by atoms with Crippen molar-refractivity contribution in [2.24, 2.45) is 22.7 Å². The van der Waals surface area contributed by atoms with Crippen LogP contribution >= 0.6 is 0 Å². The SMILES string of the molecule is CC(C)[C@H]1C[C@@]2(ON1[C@@H]1O[C@@H]([C@H]3COC(C)(C)O3)[C@@H]3OC(C)(C)OC31)C(=O)N1C3CC4CC[C@]3(CS1(=O)=O)C42C. The molecule has 8 rings (SSSR count). The van der Waals surface area contributed by atoms with Gasteiger partial charge in [-0.05, 0) is 58.8 Å².